The van der Waals surface area contributed by atoms with Crippen molar-refractivity contribution >= 4 is 29.1 Å². The van der Waals surface area contributed by atoms with E-state index >= 15 is 0 Å². The van der Waals surface area contributed by atoms with Crippen LogP contribution in [0.5, 0.6) is 0 Å². The molecule has 1 fully saturated rings. The molecule has 1 N–H and O–H groups in total. The van der Waals surface area contributed by atoms with Crippen molar-refractivity contribution in [3.63, 3.8) is 0 Å². The molecule has 5 heteroatoms. The summed E-state index contributed by atoms with van der Waals surface area (Å²) < 4.78 is 0. The first-order chi connectivity index (χ1) is 10.5. The molecule has 0 spiro atoms. The highest BCUT2D eigenvalue weighted by molar-refractivity contribution is 6.42. The molecule has 1 amide bonds. The van der Waals surface area contributed by atoms with Crippen LogP contribution in [0.3, 0.4) is 0 Å². The lowest BCUT2D eigenvalue weighted by Crippen LogP contribution is -2.42. The summed E-state index contributed by atoms with van der Waals surface area (Å²) in [4.78, 5) is 14.4. The Hall–Kier alpha value is -0.770. The molecular formula is C17H24Cl2N2O. The number of halogens is 2. The molecule has 122 valence electrons. The summed E-state index contributed by atoms with van der Waals surface area (Å²) >= 11 is 11.9. The van der Waals surface area contributed by atoms with Crippen LogP contribution in [0.2, 0.25) is 10.0 Å². The van der Waals surface area contributed by atoms with Gasteiger partial charge in [-0.3, -0.25) is 9.69 Å². The molecule has 3 nitrogen and oxygen atoms in total. The van der Waals surface area contributed by atoms with Crippen LogP contribution >= 0.6 is 23.2 Å². The van der Waals surface area contributed by atoms with E-state index in [0.717, 1.165) is 5.56 Å². The monoisotopic (exact) mass is 342 g/mol. The summed E-state index contributed by atoms with van der Waals surface area (Å²) in [5, 5.41) is 4.07. The molecule has 2 rings (SSSR count). The van der Waals surface area contributed by atoms with Crippen molar-refractivity contribution in [2.75, 3.05) is 13.6 Å². The highest BCUT2D eigenvalue weighted by Gasteiger charge is 2.20. The molecule has 0 aromatic heterocycles. The highest BCUT2D eigenvalue weighted by atomic mass is 35.5. The Balaban J connectivity index is 1.86. The summed E-state index contributed by atoms with van der Waals surface area (Å²) in [6.45, 7) is 2.40. The van der Waals surface area contributed by atoms with E-state index < -0.39 is 0 Å². The van der Waals surface area contributed by atoms with Gasteiger partial charge in [-0.2, -0.15) is 0 Å². The standard InChI is InChI=1S/C17H24Cl2N2O/c1-12(13-8-9-15(18)16(19)10-13)20-17(22)11-21(2)14-6-4-3-5-7-14/h8-10,12,14H,3-7,11H2,1-2H3,(H,20,22)/t12-/m1/s1. The number of benzene rings is 1. The highest BCUT2D eigenvalue weighted by Crippen LogP contribution is 2.25. The number of nitrogens with one attached hydrogen (secondary N) is 1. The van der Waals surface area contributed by atoms with Gasteiger partial charge in [0.25, 0.3) is 0 Å². The number of likely N-dealkylation sites (N-methyl/N-ethyl adjacent to an activating group) is 1. The second-order valence-corrected chi connectivity index (χ2v) is 6.98. The SMILES string of the molecule is C[C@@H](NC(=O)CN(C)C1CCCCC1)c1ccc(Cl)c(Cl)c1. The largest absolute Gasteiger partial charge is 0.348 e. The van der Waals surface area contributed by atoms with Crippen molar-refractivity contribution in [3.8, 4) is 0 Å². The van der Waals surface area contributed by atoms with Gasteiger partial charge in [-0.25, -0.2) is 0 Å². The first kappa shape index (κ1) is 17.6. The number of hydrogen-bond donors (Lipinski definition) is 1. The van der Waals surface area contributed by atoms with Crippen LogP contribution in [-0.2, 0) is 4.79 Å². The van der Waals surface area contributed by atoms with Crippen molar-refractivity contribution in [1.82, 2.24) is 10.2 Å². The normalized spacial score (nSPS) is 17.5. The Bertz CT molecular complexity index is 515. The van der Waals surface area contributed by atoms with E-state index in [2.05, 4.69) is 10.2 Å². The third kappa shape index (κ3) is 4.87. The van der Waals surface area contributed by atoms with Crippen LogP contribution in [0, 0.1) is 0 Å². The Morgan fingerprint density at radius 3 is 2.59 bits per heavy atom. The second kappa shape index (κ2) is 8.19. The van der Waals surface area contributed by atoms with Crippen LogP contribution in [0.1, 0.15) is 50.6 Å². The van der Waals surface area contributed by atoms with E-state index in [1.54, 1.807) is 12.1 Å². The predicted molar refractivity (Wildman–Crippen MR) is 92.5 cm³/mol. The lowest BCUT2D eigenvalue weighted by Gasteiger charge is -2.31. The molecule has 0 aliphatic heterocycles. The fraction of sp³-hybridized carbons (Fsp3) is 0.588. The van der Waals surface area contributed by atoms with Crippen molar-refractivity contribution in [2.45, 2.75) is 51.1 Å². The fourth-order valence-corrected chi connectivity index (χ4v) is 3.34. The van der Waals surface area contributed by atoms with Gasteiger partial charge in [-0.05, 0) is 44.5 Å². The molecule has 22 heavy (non-hydrogen) atoms. The first-order valence-corrected chi connectivity index (χ1v) is 8.67. The van der Waals surface area contributed by atoms with E-state index in [1.807, 2.05) is 20.0 Å². The third-order valence-electron chi connectivity index (χ3n) is 4.41. The Labute approximate surface area is 143 Å². The van der Waals surface area contributed by atoms with Gasteiger partial charge < -0.3 is 5.32 Å². The zero-order valence-corrected chi connectivity index (χ0v) is 14.8. The number of carbonyl (C=O) groups excluding carboxylic acids is 1. The molecule has 1 aromatic carbocycles. The minimum Gasteiger partial charge on any atom is -0.348 e. The number of carbonyl (C=O) groups is 1. The zero-order chi connectivity index (χ0) is 16.1. The quantitative estimate of drug-likeness (QED) is 0.857. The van der Waals surface area contributed by atoms with Crippen LogP contribution < -0.4 is 5.32 Å². The van der Waals surface area contributed by atoms with Crippen molar-refractivity contribution in [1.29, 1.82) is 0 Å². The van der Waals surface area contributed by atoms with Gasteiger partial charge in [-0.1, -0.05) is 48.5 Å². The molecule has 1 saturated carbocycles. The molecule has 0 radical (unpaired) electrons. The van der Waals surface area contributed by atoms with Gasteiger partial charge in [-0.15, -0.1) is 0 Å². The van der Waals surface area contributed by atoms with Gasteiger partial charge in [0.15, 0.2) is 0 Å². The molecule has 0 bridgehead atoms. The van der Waals surface area contributed by atoms with Gasteiger partial charge in [0.05, 0.1) is 22.6 Å². The number of amides is 1. The molecular weight excluding hydrogens is 319 g/mol. The maximum Gasteiger partial charge on any atom is 0.234 e. The van der Waals surface area contributed by atoms with E-state index in [4.69, 9.17) is 23.2 Å². The zero-order valence-electron chi connectivity index (χ0n) is 13.2. The second-order valence-electron chi connectivity index (χ2n) is 6.17. The average Bonchev–Trinajstić information content (AvgIpc) is 2.50. The number of nitrogens with zero attached hydrogens (tertiary/aromatic N) is 1. The summed E-state index contributed by atoms with van der Waals surface area (Å²) in [7, 11) is 2.04. The van der Waals surface area contributed by atoms with Gasteiger partial charge in [0.2, 0.25) is 5.91 Å². The minimum absolute atomic E-state index is 0.0478. The third-order valence-corrected chi connectivity index (χ3v) is 5.15. The molecule has 0 unspecified atom stereocenters. The van der Waals surface area contributed by atoms with Crippen LogP contribution in [0.15, 0.2) is 18.2 Å². The van der Waals surface area contributed by atoms with E-state index in [0.29, 0.717) is 22.6 Å². The molecule has 1 aliphatic carbocycles. The number of rotatable bonds is 5. The van der Waals surface area contributed by atoms with Crippen molar-refractivity contribution in [2.24, 2.45) is 0 Å². The van der Waals surface area contributed by atoms with Crippen molar-refractivity contribution < 1.29 is 4.79 Å². The molecule has 0 saturated heterocycles. The molecule has 0 heterocycles. The van der Waals surface area contributed by atoms with Crippen LogP contribution in [0.25, 0.3) is 0 Å². The van der Waals surface area contributed by atoms with Crippen LogP contribution in [0.4, 0.5) is 0 Å². The van der Waals surface area contributed by atoms with Gasteiger partial charge in [0.1, 0.15) is 0 Å². The van der Waals surface area contributed by atoms with Crippen LogP contribution in [-0.4, -0.2) is 30.4 Å². The maximum absolute atomic E-state index is 12.2. The summed E-state index contributed by atoms with van der Waals surface area (Å²) in [6, 6.07) is 5.92. The van der Waals surface area contributed by atoms with E-state index in [1.165, 1.54) is 32.1 Å². The van der Waals surface area contributed by atoms with Gasteiger partial charge in [0, 0.05) is 6.04 Å². The Morgan fingerprint density at radius 1 is 1.27 bits per heavy atom. The molecule has 1 aliphatic rings. The summed E-state index contributed by atoms with van der Waals surface area (Å²) in [6.07, 6.45) is 6.27. The smallest absolute Gasteiger partial charge is 0.234 e. The minimum atomic E-state index is -0.0815. The first-order valence-electron chi connectivity index (χ1n) is 7.92. The van der Waals surface area contributed by atoms with E-state index in [9.17, 15) is 4.79 Å². The Kier molecular flexibility index (Phi) is 6.54. The lowest BCUT2D eigenvalue weighted by molar-refractivity contribution is -0.123. The number of hydrogen-bond acceptors (Lipinski definition) is 2. The Morgan fingerprint density at radius 2 is 1.95 bits per heavy atom. The van der Waals surface area contributed by atoms with E-state index in [-0.39, 0.29) is 11.9 Å². The fourth-order valence-electron chi connectivity index (χ4n) is 3.03. The average molecular weight is 343 g/mol. The molecule has 1 aromatic rings. The molecule has 1 atom stereocenters. The summed E-state index contributed by atoms with van der Waals surface area (Å²) in [5.74, 6) is 0.0478. The maximum atomic E-state index is 12.2. The predicted octanol–water partition coefficient (Wildman–Crippen LogP) is 4.44. The van der Waals surface area contributed by atoms with Crippen molar-refractivity contribution in [3.05, 3.63) is 33.8 Å². The lowest BCUT2D eigenvalue weighted by atomic mass is 9.94. The summed E-state index contributed by atoms with van der Waals surface area (Å²) in [5.41, 5.74) is 0.961. The van der Waals surface area contributed by atoms with Gasteiger partial charge >= 0.3 is 0 Å². The topological polar surface area (TPSA) is 32.3 Å².